The van der Waals surface area contributed by atoms with E-state index in [1.807, 2.05) is 54.4 Å². The highest BCUT2D eigenvalue weighted by molar-refractivity contribution is 5.77. The fraction of sp³-hybridized carbons (Fsp3) is 0.353. The normalized spacial score (nSPS) is 10.7. The predicted molar refractivity (Wildman–Crippen MR) is 84.6 cm³/mol. The molecule has 0 aliphatic heterocycles. The summed E-state index contributed by atoms with van der Waals surface area (Å²) >= 11 is 0. The van der Waals surface area contributed by atoms with E-state index in [1.54, 1.807) is 18.2 Å². The molecule has 0 fully saturated rings. The fourth-order valence-electron chi connectivity index (χ4n) is 1.99. The number of likely N-dealkylation sites (N-methyl/N-ethyl adjacent to an activating group) is 2. The average Bonchev–Trinajstić information content (AvgIpc) is 3.01. The Kier molecular flexibility index (Phi) is 6.03. The maximum absolute atomic E-state index is 12.1. The Balaban J connectivity index is 1.67. The van der Waals surface area contributed by atoms with Crippen LogP contribution >= 0.6 is 0 Å². The van der Waals surface area contributed by atoms with Gasteiger partial charge in [0.25, 0.3) is 0 Å². The zero-order chi connectivity index (χ0) is 15.8. The number of amides is 1. The van der Waals surface area contributed by atoms with Gasteiger partial charge >= 0.3 is 0 Å². The predicted octanol–water partition coefficient (Wildman–Crippen LogP) is 2.25. The number of hydrogen-bond acceptors (Lipinski definition) is 4. The summed E-state index contributed by atoms with van der Waals surface area (Å²) < 4.78 is 10.9. The van der Waals surface area contributed by atoms with Crippen LogP contribution in [0.1, 0.15) is 5.76 Å². The molecule has 0 N–H and O–H groups in total. The second-order valence-corrected chi connectivity index (χ2v) is 5.23. The number of hydrogen-bond donors (Lipinski definition) is 0. The van der Waals surface area contributed by atoms with Crippen LogP contribution in [-0.4, -0.2) is 49.5 Å². The number of nitrogens with zero attached hydrogens (tertiary/aromatic N) is 2. The summed E-state index contributed by atoms with van der Waals surface area (Å²) in [6, 6.07) is 13.3. The topological polar surface area (TPSA) is 45.9 Å². The standard InChI is InChI=1S/C17H22N2O3/c1-18(10-12-22-15-7-4-3-5-8-15)14-17(20)19(2)13-16-9-6-11-21-16/h3-9,11H,10,12-14H2,1-2H3. The van der Waals surface area contributed by atoms with E-state index >= 15 is 0 Å². The van der Waals surface area contributed by atoms with Gasteiger partial charge in [-0.1, -0.05) is 18.2 Å². The highest BCUT2D eigenvalue weighted by atomic mass is 16.5. The first-order valence-electron chi connectivity index (χ1n) is 7.28. The van der Waals surface area contributed by atoms with Crippen molar-refractivity contribution in [2.75, 3.05) is 33.8 Å². The molecule has 0 aliphatic rings. The lowest BCUT2D eigenvalue weighted by Crippen LogP contribution is -2.37. The molecule has 0 unspecified atom stereocenters. The number of para-hydroxylation sites is 1. The molecule has 0 saturated carbocycles. The van der Waals surface area contributed by atoms with Gasteiger partial charge in [0, 0.05) is 13.6 Å². The molecule has 5 nitrogen and oxygen atoms in total. The summed E-state index contributed by atoms with van der Waals surface area (Å²) in [4.78, 5) is 15.7. The third-order valence-corrected chi connectivity index (χ3v) is 3.29. The van der Waals surface area contributed by atoms with E-state index < -0.39 is 0 Å². The minimum Gasteiger partial charge on any atom is -0.492 e. The average molecular weight is 302 g/mol. The molecule has 2 aromatic rings. The van der Waals surface area contributed by atoms with Crippen LogP contribution < -0.4 is 4.74 Å². The van der Waals surface area contributed by atoms with Gasteiger partial charge in [-0.15, -0.1) is 0 Å². The molecule has 0 bridgehead atoms. The molecule has 1 aromatic carbocycles. The number of carbonyl (C=O) groups is 1. The molecule has 0 spiro atoms. The van der Waals surface area contributed by atoms with Crippen molar-refractivity contribution in [3.8, 4) is 5.75 Å². The minimum atomic E-state index is 0.0543. The molecular formula is C17H22N2O3. The Morgan fingerprint density at radius 1 is 1.14 bits per heavy atom. The first-order valence-corrected chi connectivity index (χ1v) is 7.28. The van der Waals surface area contributed by atoms with Crippen molar-refractivity contribution >= 4 is 5.91 Å². The van der Waals surface area contributed by atoms with Crippen LogP contribution in [0.25, 0.3) is 0 Å². The summed E-state index contributed by atoms with van der Waals surface area (Å²) in [7, 11) is 3.69. The van der Waals surface area contributed by atoms with E-state index in [2.05, 4.69) is 0 Å². The quantitative estimate of drug-likeness (QED) is 0.750. The van der Waals surface area contributed by atoms with Gasteiger partial charge in [0.2, 0.25) is 5.91 Å². The van der Waals surface area contributed by atoms with Gasteiger partial charge in [-0.2, -0.15) is 0 Å². The maximum Gasteiger partial charge on any atom is 0.236 e. The molecular weight excluding hydrogens is 280 g/mol. The molecule has 1 amide bonds. The van der Waals surface area contributed by atoms with Crippen molar-refractivity contribution in [1.82, 2.24) is 9.80 Å². The number of benzene rings is 1. The second-order valence-electron chi connectivity index (χ2n) is 5.23. The van der Waals surface area contributed by atoms with E-state index in [-0.39, 0.29) is 5.91 Å². The van der Waals surface area contributed by atoms with Crippen molar-refractivity contribution < 1.29 is 13.9 Å². The van der Waals surface area contributed by atoms with Crippen molar-refractivity contribution in [2.45, 2.75) is 6.54 Å². The molecule has 1 heterocycles. The lowest BCUT2D eigenvalue weighted by molar-refractivity contribution is -0.131. The van der Waals surface area contributed by atoms with E-state index in [0.717, 1.165) is 11.5 Å². The minimum absolute atomic E-state index is 0.0543. The summed E-state index contributed by atoms with van der Waals surface area (Å²) in [6.07, 6.45) is 1.61. The first-order chi connectivity index (χ1) is 10.6. The third-order valence-electron chi connectivity index (χ3n) is 3.29. The molecule has 0 radical (unpaired) electrons. The van der Waals surface area contributed by atoms with Gasteiger partial charge in [-0.3, -0.25) is 9.69 Å². The molecule has 0 aliphatic carbocycles. The largest absolute Gasteiger partial charge is 0.492 e. The second kappa shape index (κ2) is 8.24. The summed E-state index contributed by atoms with van der Waals surface area (Å²) in [5, 5.41) is 0. The van der Waals surface area contributed by atoms with Gasteiger partial charge < -0.3 is 14.1 Å². The lowest BCUT2D eigenvalue weighted by Gasteiger charge is -2.21. The van der Waals surface area contributed by atoms with Gasteiger partial charge in [0.15, 0.2) is 0 Å². The van der Waals surface area contributed by atoms with Crippen LogP contribution in [0, 0.1) is 0 Å². The molecule has 22 heavy (non-hydrogen) atoms. The smallest absolute Gasteiger partial charge is 0.236 e. The zero-order valence-electron chi connectivity index (χ0n) is 13.1. The molecule has 0 atom stereocenters. The fourth-order valence-corrected chi connectivity index (χ4v) is 1.99. The Morgan fingerprint density at radius 2 is 1.91 bits per heavy atom. The van der Waals surface area contributed by atoms with E-state index in [1.165, 1.54) is 0 Å². The molecule has 2 rings (SSSR count). The molecule has 0 saturated heterocycles. The summed E-state index contributed by atoms with van der Waals surface area (Å²) in [5.74, 6) is 1.68. The number of ether oxygens (including phenoxy) is 1. The number of carbonyl (C=O) groups excluding carboxylic acids is 1. The van der Waals surface area contributed by atoms with E-state index in [9.17, 15) is 4.79 Å². The van der Waals surface area contributed by atoms with Crippen LogP contribution in [0.4, 0.5) is 0 Å². The van der Waals surface area contributed by atoms with Crippen LogP contribution in [0.2, 0.25) is 0 Å². The summed E-state index contributed by atoms with van der Waals surface area (Å²) in [5.41, 5.74) is 0. The first kappa shape index (κ1) is 16.1. The van der Waals surface area contributed by atoms with Crippen LogP contribution in [-0.2, 0) is 11.3 Å². The van der Waals surface area contributed by atoms with Crippen molar-refractivity contribution in [2.24, 2.45) is 0 Å². The van der Waals surface area contributed by atoms with Crippen LogP contribution in [0.3, 0.4) is 0 Å². The van der Waals surface area contributed by atoms with Crippen LogP contribution in [0.5, 0.6) is 5.75 Å². The summed E-state index contributed by atoms with van der Waals surface area (Å²) in [6.45, 7) is 2.08. The number of rotatable bonds is 8. The zero-order valence-corrected chi connectivity index (χ0v) is 13.1. The van der Waals surface area contributed by atoms with Crippen molar-refractivity contribution in [3.05, 3.63) is 54.5 Å². The van der Waals surface area contributed by atoms with Gasteiger partial charge in [0.1, 0.15) is 18.1 Å². The van der Waals surface area contributed by atoms with Gasteiger partial charge in [-0.25, -0.2) is 0 Å². The molecule has 5 heteroatoms. The monoisotopic (exact) mass is 302 g/mol. The Labute approximate surface area is 131 Å². The van der Waals surface area contributed by atoms with E-state index in [0.29, 0.717) is 26.2 Å². The maximum atomic E-state index is 12.1. The Bertz CT molecular complexity index is 555. The SMILES string of the molecule is CN(CCOc1ccccc1)CC(=O)N(C)Cc1ccco1. The van der Waals surface area contributed by atoms with E-state index in [4.69, 9.17) is 9.15 Å². The van der Waals surface area contributed by atoms with Crippen molar-refractivity contribution in [3.63, 3.8) is 0 Å². The lowest BCUT2D eigenvalue weighted by atomic mass is 10.3. The van der Waals surface area contributed by atoms with Crippen molar-refractivity contribution in [1.29, 1.82) is 0 Å². The molecule has 1 aromatic heterocycles. The number of furan rings is 1. The van der Waals surface area contributed by atoms with Gasteiger partial charge in [0.05, 0.1) is 19.4 Å². The highest BCUT2D eigenvalue weighted by Crippen LogP contribution is 2.08. The Hall–Kier alpha value is -2.27. The Morgan fingerprint density at radius 3 is 2.59 bits per heavy atom. The molecule has 118 valence electrons. The highest BCUT2D eigenvalue weighted by Gasteiger charge is 2.13. The third kappa shape index (κ3) is 5.26. The van der Waals surface area contributed by atoms with Gasteiger partial charge in [-0.05, 0) is 31.3 Å². The van der Waals surface area contributed by atoms with Crippen LogP contribution in [0.15, 0.2) is 53.1 Å².